The van der Waals surface area contributed by atoms with Crippen LogP contribution < -0.4 is 0 Å². The van der Waals surface area contributed by atoms with Gasteiger partial charge < -0.3 is 0 Å². The summed E-state index contributed by atoms with van der Waals surface area (Å²) in [5.74, 6) is 0. The molecular formula is C66H46. The molecule has 0 nitrogen and oxygen atoms in total. The molecule has 0 aromatic heterocycles. The topological polar surface area (TPSA) is 0 Å². The Hall–Kier alpha value is -8.58. The van der Waals surface area contributed by atoms with Gasteiger partial charge in [0.25, 0.3) is 0 Å². The summed E-state index contributed by atoms with van der Waals surface area (Å²) in [5.41, 5.74) is 24.4. The molecule has 0 spiro atoms. The zero-order valence-electron chi connectivity index (χ0n) is 36.6. The Kier molecular flexibility index (Phi) is 11.1. The van der Waals surface area contributed by atoms with Crippen LogP contribution in [0.15, 0.2) is 279 Å². The summed E-state index contributed by atoms with van der Waals surface area (Å²) in [6.45, 7) is 0. The summed E-state index contributed by atoms with van der Waals surface area (Å²) in [7, 11) is 0. The van der Waals surface area contributed by atoms with Crippen LogP contribution in [0.3, 0.4) is 0 Å². The maximum atomic E-state index is 2.23. The van der Waals surface area contributed by atoms with E-state index in [1.807, 2.05) is 0 Å². The molecule has 0 amide bonds. The van der Waals surface area contributed by atoms with E-state index in [0.29, 0.717) is 0 Å². The highest BCUT2D eigenvalue weighted by atomic mass is 14.1. The van der Waals surface area contributed by atoms with Gasteiger partial charge in [0.1, 0.15) is 0 Å². The normalized spacial score (nSPS) is 11.0. The lowest BCUT2D eigenvalue weighted by Crippen LogP contribution is -1.84. The molecule has 0 saturated carbocycles. The van der Waals surface area contributed by atoms with E-state index >= 15 is 0 Å². The van der Waals surface area contributed by atoms with E-state index in [1.165, 1.54) is 111 Å². The van der Waals surface area contributed by atoms with Crippen LogP contribution in [0.25, 0.3) is 111 Å². The van der Waals surface area contributed by atoms with E-state index in [2.05, 4.69) is 279 Å². The van der Waals surface area contributed by atoms with Crippen molar-refractivity contribution < 1.29 is 0 Å². The SMILES string of the molecule is c1ccc(-c2ccc(-c3ccc(-c4ccc(-c5ccc(-c6ccc(-c7ccc(-c8ccc(-c9ccc(-c%10ccc(-c%11ccccc%11)cc%10)cc9)cc8)cc7)cc6)cc5)cc4)cc3)cc2)cc1. The van der Waals surface area contributed by atoms with Gasteiger partial charge in [-0.2, -0.15) is 0 Å². The fourth-order valence-electron chi connectivity index (χ4n) is 8.96. The largest absolute Gasteiger partial charge is 0.0622 e. The summed E-state index contributed by atoms with van der Waals surface area (Å²) >= 11 is 0. The fraction of sp³-hybridized carbons (Fsp3) is 0. The van der Waals surface area contributed by atoms with Crippen molar-refractivity contribution in [3.8, 4) is 111 Å². The van der Waals surface area contributed by atoms with Gasteiger partial charge >= 0.3 is 0 Å². The first-order valence-electron chi connectivity index (χ1n) is 22.7. The van der Waals surface area contributed by atoms with Gasteiger partial charge in [0.2, 0.25) is 0 Å². The zero-order chi connectivity index (χ0) is 44.1. The fourth-order valence-corrected chi connectivity index (χ4v) is 8.96. The summed E-state index contributed by atoms with van der Waals surface area (Å²) in [5, 5.41) is 0. The highest BCUT2D eigenvalue weighted by molar-refractivity contribution is 5.79. The molecule has 0 N–H and O–H groups in total. The third kappa shape index (κ3) is 8.69. The minimum atomic E-state index is 1.21. The van der Waals surface area contributed by atoms with E-state index in [0.717, 1.165) is 0 Å². The van der Waals surface area contributed by atoms with E-state index in [1.54, 1.807) is 0 Å². The average Bonchev–Trinajstić information content (AvgIpc) is 3.42. The molecule has 0 bridgehead atoms. The van der Waals surface area contributed by atoms with Crippen molar-refractivity contribution in [2.45, 2.75) is 0 Å². The second kappa shape index (κ2) is 18.3. The molecule has 11 aromatic rings. The molecule has 0 aliphatic carbocycles. The third-order valence-electron chi connectivity index (χ3n) is 12.8. The van der Waals surface area contributed by atoms with E-state index < -0.39 is 0 Å². The van der Waals surface area contributed by atoms with Gasteiger partial charge in [-0.3, -0.25) is 0 Å². The zero-order valence-corrected chi connectivity index (χ0v) is 36.6. The summed E-state index contributed by atoms with van der Waals surface area (Å²) in [6, 6.07) is 101. The van der Waals surface area contributed by atoms with Crippen molar-refractivity contribution >= 4 is 0 Å². The lowest BCUT2D eigenvalue weighted by molar-refractivity contribution is 1.55. The lowest BCUT2D eigenvalue weighted by Gasteiger charge is -2.10. The van der Waals surface area contributed by atoms with Crippen molar-refractivity contribution in [1.82, 2.24) is 0 Å². The van der Waals surface area contributed by atoms with Crippen molar-refractivity contribution in [2.24, 2.45) is 0 Å². The second-order valence-corrected chi connectivity index (χ2v) is 16.9. The van der Waals surface area contributed by atoms with Crippen molar-refractivity contribution in [2.75, 3.05) is 0 Å². The van der Waals surface area contributed by atoms with Gasteiger partial charge in [-0.25, -0.2) is 0 Å². The molecule has 0 unspecified atom stereocenters. The number of rotatable bonds is 10. The highest BCUT2D eigenvalue weighted by Gasteiger charge is 2.08. The Morgan fingerprint density at radius 3 is 0.242 bits per heavy atom. The summed E-state index contributed by atoms with van der Waals surface area (Å²) in [4.78, 5) is 0. The third-order valence-corrected chi connectivity index (χ3v) is 12.8. The Balaban J connectivity index is 0.697. The highest BCUT2D eigenvalue weighted by Crippen LogP contribution is 2.33. The summed E-state index contributed by atoms with van der Waals surface area (Å²) in [6.07, 6.45) is 0. The predicted octanol–water partition coefficient (Wildman–Crippen LogP) is 18.4. The molecule has 0 aliphatic rings. The lowest BCUT2D eigenvalue weighted by atomic mass is 9.95. The smallest absolute Gasteiger partial charge is 0.0184 e. The predicted molar refractivity (Wildman–Crippen MR) is 281 cm³/mol. The molecule has 310 valence electrons. The Morgan fingerprint density at radius 1 is 0.0758 bits per heavy atom. The van der Waals surface area contributed by atoms with Gasteiger partial charge in [0.15, 0.2) is 0 Å². The number of benzene rings is 11. The monoisotopic (exact) mass is 838 g/mol. The van der Waals surface area contributed by atoms with Gasteiger partial charge in [0.05, 0.1) is 0 Å². The minimum absolute atomic E-state index is 1.21. The van der Waals surface area contributed by atoms with Crippen LogP contribution in [-0.2, 0) is 0 Å². The first-order chi connectivity index (χ1) is 32.7. The molecule has 0 saturated heterocycles. The Labute approximate surface area is 388 Å². The average molecular weight is 839 g/mol. The van der Waals surface area contributed by atoms with E-state index in [9.17, 15) is 0 Å². The molecule has 66 heavy (non-hydrogen) atoms. The van der Waals surface area contributed by atoms with E-state index in [-0.39, 0.29) is 0 Å². The molecule has 0 radical (unpaired) electrons. The number of hydrogen-bond acceptors (Lipinski definition) is 0. The van der Waals surface area contributed by atoms with Crippen LogP contribution in [0.2, 0.25) is 0 Å². The number of hydrogen-bond donors (Lipinski definition) is 0. The molecule has 0 heterocycles. The van der Waals surface area contributed by atoms with Gasteiger partial charge in [-0.15, -0.1) is 0 Å². The second-order valence-electron chi connectivity index (χ2n) is 16.9. The molecule has 11 aromatic carbocycles. The standard InChI is InChI=1S/C66H46/c1-3-7-47(8-4-1)49-11-15-51(16-12-49)53-19-23-55(24-20-53)57-27-31-59(32-28-57)61-35-39-63(40-36-61)65-43-45-66(46-44-65)64-41-37-62(38-42-64)60-33-29-58(30-34-60)56-25-21-54(22-26-56)52-17-13-50(14-18-52)48-9-5-2-6-10-48/h1-46H. The molecule has 0 atom stereocenters. The van der Waals surface area contributed by atoms with Crippen molar-refractivity contribution in [1.29, 1.82) is 0 Å². The molecule has 0 heteroatoms. The molecular weight excluding hydrogens is 793 g/mol. The Morgan fingerprint density at radius 2 is 0.152 bits per heavy atom. The van der Waals surface area contributed by atoms with Gasteiger partial charge in [-0.1, -0.05) is 279 Å². The van der Waals surface area contributed by atoms with Gasteiger partial charge in [0, 0.05) is 0 Å². The van der Waals surface area contributed by atoms with Crippen LogP contribution in [-0.4, -0.2) is 0 Å². The molecule has 0 aliphatic heterocycles. The van der Waals surface area contributed by atoms with Crippen LogP contribution in [0, 0.1) is 0 Å². The van der Waals surface area contributed by atoms with Crippen LogP contribution in [0.5, 0.6) is 0 Å². The van der Waals surface area contributed by atoms with Crippen LogP contribution in [0.4, 0.5) is 0 Å². The van der Waals surface area contributed by atoms with Gasteiger partial charge in [-0.05, 0) is 111 Å². The molecule has 0 fully saturated rings. The molecule has 11 rings (SSSR count). The maximum Gasteiger partial charge on any atom is -0.0184 e. The Bertz CT molecular complexity index is 3080. The van der Waals surface area contributed by atoms with Crippen LogP contribution in [0.1, 0.15) is 0 Å². The van der Waals surface area contributed by atoms with Crippen molar-refractivity contribution in [3.05, 3.63) is 279 Å². The van der Waals surface area contributed by atoms with E-state index in [4.69, 9.17) is 0 Å². The quantitative estimate of drug-likeness (QED) is 0.129. The summed E-state index contributed by atoms with van der Waals surface area (Å²) < 4.78 is 0. The first kappa shape index (κ1) is 40.2. The minimum Gasteiger partial charge on any atom is -0.0622 e. The van der Waals surface area contributed by atoms with Crippen molar-refractivity contribution in [3.63, 3.8) is 0 Å². The maximum absolute atomic E-state index is 2.23. The first-order valence-corrected chi connectivity index (χ1v) is 22.7. The van der Waals surface area contributed by atoms with Crippen LogP contribution >= 0.6 is 0 Å².